The molecule has 8 nitrogen and oxygen atoms in total. The van der Waals surface area contributed by atoms with Gasteiger partial charge in [0, 0.05) is 30.9 Å². The van der Waals surface area contributed by atoms with E-state index >= 15 is 0 Å². The van der Waals surface area contributed by atoms with E-state index in [0.717, 1.165) is 23.3 Å². The summed E-state index contributed by atoms with van der Waals surface area (Å²) in [6, 6.07) is 7.55. The van der Waals surface area contributed by atoms with Crippen LogP contribution >= 0.6 is 11.3 Å². The number of imidazole rings is 1. The molecule has 3 aromatic rings. The van der Waals surface area contributed by atoms with Gasteiger partial charge in [0.1, 0.15) is 5.69 Å². The van der Waals surface area contributed by atoms with Crippen molar-refractivity contribution in [2.75, 3.05) is 6.61 Å². The maximum atomic E-state index is 13.0. The van der Waals surface area contributed by atoms with E-state index in [2.05, 4.69) is 9.97 Å². The summed E-state index contributed by atoms with van der Waals surface area (Å²) in [6.07, 6.45) is 6.52. The smallest absolute Gasteiger partial charge is 0.421 e. The lowest BCUT2D eigenvalue weighted by molar-refractivity contribution is 0.151. The van der Waals surface area contributed by atoms with Gasteiger partial charge in [-0.25, -0.2) is 27.9 Å². The Labute approximate surface area is 192 Å². The molecule has 0 aliphatic rings. The van der Waals surface area contributed by atoms with Gasteiger partial charge in [-0.1, -0.05) is 51.5 Å². The number of thiazole rings is 1. The zero-order valence-corrected chi connectivity index (χ0v) is 20.1. The van der Waals surface area contributed by atoms with Gasteiger partial charge in [-0.15, -0.1) is 11.3 Å². The number of rotatable bonds is 10. The van der Waals surface area contributed by atoms with Crippen LogP contribution in [0.4, 0.5) is 4.79 Å². The van der Waals surface area contributed by atoms with E-state index in [1.165, 1.54) is 0 Å². The zero-order valence-electron chi connectivity index (χ0n) is 18.4. The molecule has 1 amide bonds. The number of carbonyl (C=O) groups excluding carboxylic acids is 1. The summed E-state index contributed by atoms with van der Waals surface area (Å²) in [5.74, 6) is 0.314. The molecule has 1 N–H and O–H groups in total. The molecule has 0 saturated carbocycles. The minimum absolute atomic E-state index is 0.0166. The van der Waals surface area contributed by atoms with Crippen LogP contribution in [0.1, 0.15) is 44.2 Å². The molecule has 0 aliphatic carbocycles. The molecule has 0 unspecified atom stereocenters. The molecule has 0 atom stereocenters. The summed E-state index contributed by atoms with van der Waals surface area (Å²) >= 11 is 1.09. The number of aromatic nitrogens is 3. The molecule has 0 radical (unpaired) electrons. The third-order valence-electron chi connectivity index (χ3n) is 4.57. The lowest BCUT2D eigenvalue weighted by atomic mass is 10.1. The van der Waals surface area contributed by atoms with Crippen molar-refractivity contribution in [2.24, 2.45) is 5.92 Å². The second-order valence-corrected chi connectivity index (χ2v) is 10.8. The fourth-order valence-electron chi connectivity index (χ4n) is 3.00. The Kier molecular flexibility index (Phi) is 8.03. The molecule has 10 heteroatoms. The van der Waals surface area contributed by atoms with Crippen LogP contribution in [0.2, 0.25) is 0 Å². The molecule has 0 saturated heterocycles. The first-order chi connectivity index (χ1) is 15.3. The highest BCUT2D eigenvalue weighted by Crippen LogP contribution is 2.33. The van der Waals surface area contributed by atoms with Crippen molar-refractivity contribution in [3.8, 4) is 11.3 Å². The van der Waals surface area contributed by atoms with Crippen LogP contribution in [0.5, 0.6) is 0 Å². The van der Waals surface area contributed by atoms with E-state index in [0.29, 0.717) is 41.6 Å². The van der Waals surface area contributed by atoms with E-state index < -0.39 is 16.1 Å². The Hall–Kier alpha value is -2.72. The van der Waals surface area contributed by atoms with Crippen LogP contribution in [-0.2, 0) is 27.7 Å². The van der Waals surface area contributed by atoms with Gasteiger partial charge in [-0.05, 0) is 17.9 Å². The van der Waals surface area contributed by atoms with Crippen molar-refractivity contribution in [3.05, 3.63) is 53.6 Å². The monoisotopic (exact) mass is 476 g/mol. The van der Waals surface area contributed by atoms with Gasteiger partial charge >= 0.3 is 6.09 Å². The number of hydrogen-bond donors (Lipinski definition) is 1. The molecular weight excluding hydrogens is 448 g/mol. The number of nitrogens with one attached hydrogen (secondary N) is 1. The minimum Gasteiger partial charge on any atom is -0.449 e. The third-order valence-corrected chi connectivity index (χ3v) is 7.47. The standard InChI is InChI=1S/C22H28N4O4S2/c1-4-5-12-30-22(27)25-32(28,29)21-20(24-19(31-21)13-16(2)3)18-8-6-17(7-9-18)14-26-11-10-23-15-26/h6-11,15-16H,4-5,12-14H2,1-3H3,(H,25,27). The van der Waals surface area contributed by atoms with Crippen LogP contribution in [0.3, 0.4) is 0 Å². The summed E-state index contributed by atoms with van der Waals surface area (Å²) in [4.78, 5) is 20.6. The molecule has 2 heterocycles. The van der Waals surface area contributed by atoms with Crippen molar-refractivity contribution in [1.82, 2.24) is 19.3 Å². The predicted molar refractivity (Wildman–Crippen MR) is 124 cm³/mol. The topological polar surface area (TPSA) is 103 Å². The molecule has 32 heavy (non-hydrogen) atoms. The number of hydrogen-bond acceptors (Lipinski definition) is 7. The van der Waals surface area contributed by atoms with E-state index in [4.69, 9.17) is 4.74 Å². The van der Waals surface area contributed by atoms with E-state index in [9.17, 15) is 13.2 Å². The van der Waals surface area contributed by atoms with Gasteiger partial charge in [0.15, 0.2) is 4.21 Å². The molecule has 3 rings (SSSR count). The Morgan fingerprint density at radius 2 is 2.00 bits per heavy atom. The van der Waals surface area contributed by atoms with Crippen molar-refractivity contribution < 1.29 is 17.9 Å². The molecule has 2 aromatic heterocycles. The van der Waals surface area contributed by atoms with Crippen molar-refractivity contribution in [2.45, 2.75) is 50.8 Å². The summed E-state index contributed by atoms with van der Waals surface area (Å²) in [6.45, 7) is 6.88. The first kappa shape index (κ1) is 23.9. The highest BCUT2D eigenvalue weighted by molar-refractivity contribution is 7.92. The van der Waals surface area contributed by atoms with Crippen molar-refractivity contribution >= 4 is 27.5 Å². The van der Waals surface area contributed by atoms with E-state index in [1.807, 2.05) is 60.5 Å². The Bertz CT molecular complexity index is 1120. The van der Waals surface area contributed by atoms with E-state index in [-0.39, 0.29) is 10.8 Å². The molecule has 0 fully saturated rings. The van der Waals surface area contributed by atoms with Crippen LogP contribution in [-0.4, -0.2) is 35.7 Å². The first-order valence-corrected chi connectivity index (χ1v) is 12.8. The van der Waals surface area contributed by atoms with Gasteiger partial charge in [-0.3, -0.25) is 0 Å². The number of nitrogens with zero attached hydrogens (tertiary/aromatic N) is 3. The normalized spacial score (nSPS) is 11.6. The highest BCUT2D eigenvalue weighted by atomic mass is 32.2. The average molecular weight is 477 g/mol. The summed E-state index contributed by atoms with van der Waals surface area (Å²) in [5.41, 5.74) is 2.06. The molecule has 0 aliphatic heterocycles. The van der Waals surface area contributed by atoms with Gasteiger partial charge in [0.25, 0.3) is 10.0 Å². The van der Waals surface area contributed by atoms with Crippen LogP contribution in [0.15, 0.2) is 47.2 Å². The molecule has 0 spiro atoms. The maximum Gasteiger partial charge on any atom is 0.421 e. The van der Waals surface area contributed by atoms with Crippen molar-refractivity contribution in [1.29, 1.82) is 0 Å². The van der Waals surface area contributed by atoms with Gasteiger partial charge in [0.05, 0.1) is 17.9 Å². The van der Waals surface area contributed by atoms with Crippen molar-refractivity contribution in [3.63, 3.8) is 0 Å². The second-order valence-electron chi connectivity index (χ2n) is 7.87. The SMILES string of the molecule is CCCCOC(=O)NS(=O)(=O)c1sc(CC(C)C)nc1-c1ccc(Cn2ccnc2)cc1. The van der Waals surface area contributed by atoms with Gasteiger partial charge in [0.2, 0.25) is 0 Å². The summed E-state index contributed by atoms with van der Waals surface area (Å²) in [7, 11) is -4.12. The third kappa shape index (κ3) is 6.39. The number of unbranched alkanes of at least 4 members (excludes halogenated alkanes) is 1. The second kappa shape index (κ2) is 10.7. The summed E-state index contributed by atoms with van der Waals surface area (Å²) in [5, 5.41) is 0.706. The fraction of sp³-hybridized carbons (Fsp3) is 0.409. The predicted octanol–water partition coefficient (Wildman–Crippen LogP) is 4.47. The number of carbonyl (C=O) groups is 1. The quantitative estimate of drug-likeness (QED) is 0.433. The molecule has 0 bridgehead atoms. The number of ether oxygens (including phenoxy) is 1. The molecule has 1 aromatic carbocycles. The molecular formula is C22H28N4O4S2. The van der Waals surface area contributed by atoms with E-state index in [1.54, 1.807) is 12.5 Å². The average Bonchev–Trinajstić information content (AvgIpc) is 3.38. The number of benzene rings is 1. The van der Waals surface area contributed by atoms with Crippen LogP contribution < -0.4 is 4.72 Å². The van der Waals surface area contributed by atoms with Gasteiger partial charge < -0.3 is 9.30 Å². The van der Waals surface area contributed by atoms with Gasteiger partial charge in [-0.2, -0.15) is 0 Å². The maximum absolute atomic E-state index is 13.0. The number of sulfonamides is 1. The largest absolute Gasteiger partial charge is 0.449 e. The minimum atomic E-state index is -4.12. The van der Waals surface area contributed by atoms with Crippen LogP contribution in [0.25, 0.3) is 11.3 Å². The Morgan fingerprint density at radius 3 is 2.62 bits per heavy atom. The first-order valence-electron chi connectivity index (χ1n) is 10.5. The zero-order chi connectivity index (χ0) is 23.1. The molecule has 172 valence electrons. The highest BCUT2D eigenvalue weighted by Gasteiger charge is 2.27. The summed E-state index contributed by atoms with van der Waals surface area (Å²) < 4.78 is 34.9. The lowest BCUT2D eigenvalue weighted by Gasteiger charge is -2.08. The Morgan fingerprint density at radius 1 is 1.25 bits per heavy atom. The number of amides is 1. The lowest BCUT2D eigenvalue weighted by Crippen LogP contribution is -2.31. The Balaban J connectivity index is 1.87. The fourth-order valence-corrected chi connectivity index (χ4v) is 5.67. The van der Waals surface area contributed by atoms with Crippen LogP contribution in [0, 0.1) is 5.92 Å².